The molecule has 1 saturated heterocycles. The summed E-state index contributed by atoms with van der Waals surface area (Å²) >= 11 is 0. The molecular formula is C17H22N2O4S. The lowest BCUT2D eigenvalue weighted by Gasteiger charge is -2.33. The van der Waals surface area contributed by atoms with E-state index in [0.29, 0.717) is 24.9 Å². The highest BCUT2D eigenvalue weighted by atomic mass is 32.2. The van der Waals surface area contributed by atoms with E-state index in [9.17, 15) is 13.2 Å². The van der Waals surface area contributed by atoms with Crippen molar-refractivity contribution in [3.8, 4) is 6.07 Å². The molecule has 7 heteroatoms. The summed E-state index contributed by atoms with van der Waals surface area (Å²) in [5, 5.41) is 8.15. The molecular weight excluding hydrogens is 328 g/mol. The molecule has 0 aliphatic carbocycles. The quantitative estimate of drug-likeness (QED) is 0.818. The van der Waals surface area contributed by atoms with Gasteiger partial charge >= 0.3 is 6.09 Å². The number of piperidine rings is 1. The largest absolute Gasteiger partial charge is 0.444 e. The van der Waals surface area contributed by atoms with Gasteiger partial charge in [-0.15, -0.1) is 0 Å². The number of hydrogen-bond donors (Lipinski definition) is 0. The summed E-state index contributed by atoms with van der Waals surface area (Å²) in [7, 11) is -3.56. The second kappa shape index (κ2) is 6.81. The van der Waals surface area contributed by atoms with Crippen LogP contribution in [-0.2, 0) is 14.6 Å². The second-order valence-electron chi connectivity index (χ2n) is 6.87. The van der Waals surface area contributed by atoms with Gasteiger partial charge in [0, 0.05) is 13.1 Å². The zero-order chi connectivity index (χ0) is 18.0. The molecule has 0 N–H and O–H groups in total. The Hall–Kier alpha value is -2.07. The molecule has 1 atom stereocenters. The van der Waals surface area contributed by atoms with Crippen LogP contribution in [0.3, 0.4) is 0 Å². The van der Waals surface area contributed by atoms with E-state index in [4.69, 9.17) is 10.00 Å². The summed E-state index contributed by atoms with van der Waals surface area (Å²) in [5.74, 6) is 0. The fraction of sp³-hybridized carbons (Fsp3) is 0.529. The summed E-state index contributed by atoms with van der Waals surface area (Å²) in [6.07, 6.45) is 0.628. The Morgan fingerprint density at radius 3 is 2.46 bits per heavy atom. The van der Waals surface area contributed by atoms with E-state index in [-0.39, 0.29) is 11.4 Å². The third kappa shape index (κ3) is 4.26. The van der Waals surface area contributed by atoms with Crippen LogP contribution in [0.1, 0.15) is 39.2 Å². The molecule has 130 valence electrons. The first-order valence-corrected chi connectivity index (χ1v) is 9.40. The first kappa shape index (κ1) is 18.3. The molecule has 0 radical (unpaired) electrons. The number of benzene rings is 1. The lowest BCUT2D eigenvalue weighted by Crippen LogP contribution is -2.47. The number of nitriles is 1. The molecule has 6 nitrogen and oxygen atoms in total. The predicted molar refractivity (Wildman–Crippen MR) is 89.2 cm³/mol. The molecule has 0 spiro atoms. The minimum absolute atomic E-state index is 0.122. The van der Waals surface area contributed by atoms with Gasteiger partial charge in [-0.25, -0.2) is 13.2 Å². The van der Waals surface area contributed by atoms with E-state index in [1.807, 2.05) is 6.07 Å². The summed E-state index contributed by atoms with van der Waals surface area (Å²) in [4.78, 5) is 13.8. The molecule has 1 aliphatic rings. The van der Waals surface area contributed by atoms with Crippen LogP contribution in [0.4, 0.5) is 4.79 Å². The van der Waals surface area contributed by atoms with Gasteiger partial charge < -0.3 is 9.64 Å². The van der Waals surface area contributed by atoms with Crippen molar-refractivity contribution in [3.63, 3.8) is 0 Å². The highest BCUT2D eigenvalue weighted by molar-refractivity contribution is 7.92. The first-order chi connectivity index (χ1) is 11.1. The van der Waals surface area contributed by atoms with Gasteiger partial charge in [-0.3, -0.25) is 0 Å². The molecule has 0 bridgehead atoms. The Kier molecular flexibility index (Phi) is 5.19. The van der Waals surface area contributed by atoms with Gasteiger partial charge in [0.2, 0.25) is 0 Å². The monoisotopic (exact) mass is 350 g/mol. The average molecular weight is 350 g/mol. The van der Waals surface area contributed by atoms with Crippen LogP contribution in [0, 0.1) is 11.3 Å². The minimum Gasteiger partial charge on any atom is -0.444 e. The summed E-state index contributed by atoms with van der Waals surface area (Å²) in [6.45, 7) is 5.95. The maximum absolute atomic E-state index is 12.8. The molecule has 0 saturated carbocycles. The van der Waals surface area contributed by atoms with Gasteiger partial charge in [-0.1, -0.05) is 0 Å². The van der Waals surface area contributed by atoms with Crippen molar-refractivity contribution in [2.24, 2.45) is 0 Å². The lowest BCUT2D eigenvalue weighted by atomic mass is 10.1. The lowest BCUT2D eigenvalue weighted by molar-refractivity contribution is 0.0219. The maximum Gasteiger partial charge on any atom is 0.410 e. The molecule has 1 amide bonds. The van der Waals surface area contributed by atoms with Gasteiger partial charge in [0.1, 0.15) is 5.60 Å². The molecule has 1 aromatic rings. The second-order valence-corrected chi connectivity index (χ2v) is 9.10. The number of amides is 1. The summed E-state index contributed by atoms with van der Waals surface area (Å²) < 4.78 is 30.9. The number of likely N-dealkylation sites (tertiary alicyclic amines) is 1. The van der Waals surface area contributed by atoms with Crippen molar-refractivity contribution in [3.05, 3.63) is 29.8 Å². The number of carbonyl (C=O) groups excluding carboxylic acids is 1. The van der Waals surface area contributed by atoms with Crippen molar-refractivity contribution in [1.82, 2.24) is 4.90 Å². The van der Waals surface area contributed by atoms with E-state index >= 15 is 0 Å². The minimum atomic E-state index is -3.56. The molecule has 1 aromatic carbocycles. The topological polar surface area (TPSA) is 87.5 Å². The van der Waals surface area contributed by atoms with Crippen LogP contribution in [-0.4, -0.2) is 43.4 Å². The molecule has 0 aromatic heterocycles. The normalized spacial score (nSPS) is 18.8. The van der Waals surface area contributed by atoms with Gasteiger partial charge in [-0.2, -0.15) is 5.26 Å². The van der Waals surface area contributed by atoms with Crippen LogP contribution >= 0.6 is 0 Å². The highest BCUT2D eigenvalue weighted by Crippen LogP contribution is 2.25. The van der Waals surface area contributed by atoms with Crippen molar-refractivity contribution < 1.29 is 17.9 Å². The molecule has 1 aliphatic heterocycles. The Labute approximate surface area is 142 Å². The fourth-order valence-corrected chi connectivity index (χ4v) is 4.35. The Balaban J connectivity index is 2.15. The van der Waals surface area contributed by atoms with Gasteiger partial charge in [-0.05, 0) is 57.9 Å². The number of rotatable bonds is 2. The number of hydrogen-bond acceptors (Lipinski definition) is 5. The number of carbonyl (C=O) groups is 1. The number of ether oxygens (including phenoxy) is 1. The van der Waals surface area contributed by atoms with E-state index in [1.165, 1.54) is 29.2 Å². The van der Waals surface area contributed by atoms with Crippen LogP contribution < -0.4 is 0 Å². The van der Waals surface area contributed by atoms with Gasteiger partial charge in [0.05, 0.1) is 21.8 Å². The highest BCUT2D eigenvalue weighted by Gasteiger charge is 2.35. The molecule has 24 heavy (non-hydrogen) atoms. The van der Waals surface area contributed by atoms with E-state index in [1.54, 1.807) is 20.8 Å². The predicted octanol–water partition coefficient (Wildman–Crippen LogP) is 2.73. The third-order valence-electron chi connectivity index (χ3n) is 3.78. The zero-order valence-electron chi connectivity index (χ0n) is 14.2. The molecule has 1 fully saturated rings. The van der Waals surface area contributed by atoms with Crippen LogP contribution in [0.5, 0.6) is 0 Å². The number of nitrogens with zero attached hydrogens (tertiary/aromatic N) is 2. The zero-order valence-corrected chi connectivity index (χ0v) is 15.0. The third-order valence-corrected chi connectivity index (χ3v) is 5.97. The summed E-state index contributed by atoms with van der Waals surface area (Å²) in [5.41, 5.74) is -0.205. The van der Waals surface area contributed by atoms with Crippen molar-refractivity contribution in [2.75, 3.05) is 13.1 Å². The van der Waals surface area contributed by atoms with Crippen molar-refractivity contribution in [1.29, 1.82) is 5.26 Å². The first-order valence-electron chi connectivity index (χ1n) is 7.85. The fourth-order valence-electron chi connectivity index (χ4n) is 2.60. The summed E-state index contributed by atoms with van der Waals surface area (Å²) in [6, 6.07) is 7.83. The number of sulfone groups is 1. The Bertz CT molecular complexity index is 742. The van der Waals surface area contributed by atoms with E-state index in [0.717, 1.165) is 0 Å². The smallest absolute Gasteiger partial charge is 0.410 e. The van der Waals surface area contributed by atoms with Crippen LogP contribution in [0.2, 0.25) is 0 Å². The van der Waals surface area contributed by atoms with Crippen molar-refractivity contribution in [2.45, 2.75) is 49.4 Å². The molecule has 1 heterocycles. The van der Waals surface area contributed by atoms with Gasteiger partial charge in [0.25, 0.3) is 0 Å². The van der Waals surface area contributed by atoms with E-state index in [2.05, 4.69) is 0 Å². The average Bonchev–Trinajstić information content (AvgIpc) is 2.53. The Morgan fingerprint density at radius 2 is 1.92 bits per heavy atom. The van der Waals surface area contributed by atoms with Gasteiger partial charge in [0.15, 0.2) is 9.84 Å². The van der Waals surface area contributed by atoms with E-state index < -0.39 is 26.8 Å². The molecule has 0 unspecified atom stereocenters. The van der Waals surface area contributed by atoms with Crippen LogP contribution in [0.15, 0.2) is 29.2 Å². The van der Waals surface area contributed by atoms with Crippen molar-refractivity contribution >= 4 is 15.9 Å². The SMILES string of the molecule is CC(C)(C)OC(=O)N1CCC[C@H](S(=O)(=O)c2ccc(C#N)cc2)C1. The standard InChI is InChI=1S/C17H22N2O4S/c1-17(2,3)23-16(20)19-10-4-5-15(12-19)24(21,22)14-8-6-13(11-18)7-9-14/h6-9,15H,4-5,10,12H2,1-3H3/t15-/m0/s1. The maximum atomic E-state index is 12.8. The molecule has 2 rings (SSSR count). The van der Waals surface area contributed by atoms with Crippen LogP contribution in [0.25, 0.3) is 0 Å². The Morgan fingerprint density at radius 1 is 1.29 bits per heavy atom.